The fourth-order valence-electron chi connectivity index (χ4n) is 2.64. The van der Waals surface area contributed by atoms with E-state index in [1.807, 2.05) is 38.1 Å². The number of aryl methyl sites for hydroxylation is 2. The monoisotopic (exact) mass is 285 g/mol. The standard InChI is InChI=1S/C16H19N3O2/c1-10-11(2)21-15(19-10)9-18-16(20)13-7-8-17-14-6-4-3-5-12(13)14/h3-6,13,17H,7-9H2,1-2H3,(H,18,20). The molecule has 1 aromatic carbocycles. The molecule has 5 heteroatoms. The van der Waals surface area contributed by atoms with Crippen molar-refractivity contribution in [1.82, 2.24) is 10.3 Å². The quantitative estimate of drug-likeness (QED) is 0.909. The minimum atomic E-state index is -0.111. The fraction of sp³-hybridized carbons (Fsp3) is 0.375. The van der Waals surface area contributed by atoms with E-state index >= 15 is 0 Å². The third-order valence-corrected chi connectivity index (χ3v) is 3.89. The number of benzene rings is 1. The average Bonchev–Trinajstić information content (AvgIpc) is 2.83. The number of rotatable bonds is 3. The average molecular weight is 285 g/mol. The lowest BCUT2D eigenvalue weighted by atomic mass is 9.90. The smallest absolute Gasteiger partial charge is 0.228 e. The van der Waals surface area contributed by atoms with Gasteiger partial charge >= 0.3 is 0 Å². The summed E-state index contributed by atoms with van der Waals surface area (Å²) in [5.74, 6) is 1.27. The first kappa shape index (κ1) is 13.7. The van der Waals surface area contributed by atoms with E-state index < -0.39 is 0 Å². The van der Waals surface area contributed by atoms with Crippen LogP contribution in [0.4, 0.5) is 5.69 Å². The van der Waals surface area contributed by atoms with Crippen molar-refractivity contribution in [2.24, 2.45) is 0 Å². The van der Waals surface area contributed by atoms with Crippen molar-refractivity contribution in [3.63, 3.8) is 0 Å². The molecule has 0 fully saturated rings. The molecule has 1 aromatic heterocycles. The van der Waals surface area contributed by atoms with Gasteiger partial charge in [-0.15, -0.1) is 0 Å². The minimum Gasteiger partial charge on any atom is -0.444 e. The predicted octanol–water partition coefficient (Wildman–Crippen LogP) is 2.51. The Morgan fingerprint density at radius 2 is 2.24 bits per heavy atom. The Kier molecular flexibility index (Phi) is 3.64. The predicted molar refractivity (Wildman–Crippen MR) is 80.1 cm³/mol. The van der Waals surface area contributed by atoms with Crippen molar-refractivity contribution in [2.75, 3.05) is 11.9 Å². The van der Waals surface area contributed by atoms with Gasteiger partial charge in [0.1, 0.15) is 5.76 Å². The first-order chi connectivity index (χ1) is 10.1. The van der Waals surface area contributed by atoms with Gasteiger partial charge in [-0.1, -0.05) is 18.2 Å². The number of anilines is 1. The van der Waals surface area contributed by atoms with E-state index in [1.165, 1.54) is 0 Å². The molecule has 2 aromatic rings. The molecular formula is C16H19N3O2. The zero-order valence-corrected chi connectivity index (χ0v) is 12.3. The zero-order valence-electron chi connectivity index (χ0n) is 12.3. The Hall–Kier alpha value is -2.30. The Bertz CT molecular complexity index is 644. The largest absolute Gasteiger partial charge is 0.444 e. The van der Waals surface area contributed by atoms with Crippen LogP contribution in [-0.2, 0) is 11.3 Å². The highest BCUT2D eigenvalue weighted by Crippen LogP contribution is 2.31. The number of nitrogens with zero attached hydrogens (tertiary/aromatic N) is 1. The van der Waals surface area contributed by atoms with E-state index in [4.69, 9.17) is 4.42 Å². The van der Waals surface area contributed by atoms with Crippen molar-refractivity contribution in [3.05, 3.63) is 47.2 Å². The molecule has 1 atom stereocenters. The molecule has 0 radical (unpaired) electrons. The van der Waals surface area contributed by atoms with E-state index in [0.717, 1.165) is 35.7 Å². The lowest BCUT2D eigenvalue weighted by Crippen LogP contribution is -2.32. The molecule has 3 rings (SSSR count). The second-order valence-corrected chi connectivity index (χ2v) is 5.32. The topological polar surface area (TPSA) is 67.2 Å². The number of carbonyl (C=O) groups excluding carboxylic acids is 1. The Balaban J connectivity index is 1.69. The van der Waals surface area contributed by atoms with Crippen LogP contribution >= 0.6 is 0 Å². The second kappa shape index (κ2) is 5.60. The van der Waals surface area contributed by atoms with Gasteiger partial charge < -0.3 is 15.1 Å². The number of fused-ring (bicyclic) bond motifs is 1. The minimum absolute atomic E-state index is 0.0254. The number of hydrogen-bond acceptors (Lipinski definition) is 4. The molecule has 1 aliphatic rings. The molecule has 21 heavy (non-hydrogen) atoms. The third kappa shape index (κ3) is 2.77. The third-order valence-electron chi connectivity index (χ3n) is 3.89. The van der Waals surface area contributed by atoms with Crippen molar-refractivity contribution in [2.45, 2.75) is 32.7 Å². The molecule has 1 unspecified atom stereocenters. The summed E-state index contributed by atoms with van der Waals surface area (Å²) in [5, 5.41) is 6.25. The van der Waals surface area contributed by atoms with Crippen LogP contribution in [0.5, 0.6) is 0 Å². The van der Waals surface area contributed by atoms with Crippen molar-refractivity contribution in [3.8, 4) is 0 Å². The van der Waals surface area contributed by atoms with Gasteiger partial charge in [0.25, 0.3) is 0 Å². The molecule has 110 valence electrons. The summed E-state index contributed by atoms with van der Waals surface area (Å²) in [7, 11) is 0. The fourth-order valence-corrected chi connectivity index (χ4v) is 2.64. The second-order valence-electron chi connectivity index (χ2n) is 5.32. The van der Waals surface area contributed by atoms with Crippen LogP contribution in [0.2, 0.25) is 0 Å². The van der Waals surface area contributed by atoms with E-state index in [0.29, 0.717) is 12.4 Å². The van der Waals surface area contributed by atoms with Crippen LogP contribution in [0.25, 0.3) is 0 Å². The van der Waals surface area contributed by atoms with Gasteiger partial charge in [0.2, 0.25) is 11.8 Å². The first-order valence-electron chi connectivity index (χ1n) is 7.18. The number of amides is 1. The maximum Gasteiger partial charge on any atom is 0.228 e. The van der Waals surface area contributed by atoms with E-state index in [2.05, 4.69) is 15.6 Å². The molecular weight excluding hydrogens is 266 g/mol. The van der Waals surface area contributed by atoms with E-state index in [9.17, 15) is 4.79 Å². The number of para-hydroxylation sites is 1. The number of oxazole rings is 1. The van der Waals surface area contributed by atoms with Gasteiger partial charge in [-0.3, -0.25) is 4.79 Å². The summed E-state index contributed by atoms with van der Waals surface area (Å²) in [6.07, 6.45) is 0.798. The zero-order chi connectivity index (χ0) is 14.8. The molecule has 2 N–H and O–H groups in total. The molecule has 0 spiro atoms. The molecule has 1 aliphatic heterocycles. The normalized spacial score (nSPS) is 17.0. The molecule has 5 nitrogen and oxygen atoms in total. The summed E-state index contributed by atoms with van der Waals surface area (Å²) in [5.41, 5.74) is 2.97. The van der Waals surface area contributed by atoms with Gasteiger partial charge in [-0.05, 0) is 31.9 Å². The Morgan fingerprint density at radius 3 is 3.00 bits per heavy atom. The van der Waals surface area contributed by atoms with Crippen molar-refractivity contribution < 1.29 is 9.21 Å². The summed E-state index contributed by atoms with van der Waals surface area (Å²) in [6, 6.07) is 7.96. The highest BCUT2D eigenvalue weighted by atomic mass is 16.4. The van der Waals surface area contributed by atoms with Gasteiger partial charge in [-0.25, -0.2) is 4.98 Å². The lowest BCUT2D eigenvalue weighted by molar-refractivity contribution is -0.123. The van der Waals surface area contributed by atoms with E-state index in [1.54, 1.807) is 0 Å². The van der Waals surface area contributed by atoms with Crippen LogP contribution in [0.15, 0.2) is 28.7 Å². The number of aromatic nitrogens is 1. The number of nitrogens with one attached hydrogen (secondary N) is 2. The van der Waals surface area contributed by atoms with Crippen molar-refractivity contribution >= 4 is 11.6 Å². The first-order valence-corrected chi connectivity index (χ1v) is 7.18. The summed E-state index contributed by atoms with van der Waals surface area (Å²) >= 11 is 0. The van der Waals surface area contributed by atoms with Gasteiger partial charge in [0.05, 0.1) is 18.2 Å². The molecule has 0 bridgehead atoms. The number of carbonyl (C=O) groups is 1. The molecule has 0 aliphatic carbocycles. The van der Waals surface area contributed by atoms with Crippen LogP contribution < -0.4 is 10.6 Å². The van der Waals surface area contributed by atoms with Gasteiger partial charge in [-0.2, -0.15) is 0 Å². The van der Waals surface area contributed by atoms with Gasteiger partial charge in [0, 0.05) is 12.2 Å². The highest BCUT2D eigenvalue weighted by molar-refractivity contribution is 5.86. The van der Waals surface area contributed by atoms with Crippen LogP contribution in [0.3, 0.4) is 0 Å². The summed E-state index contributed by atoms with van der Waals surface area (Å²) in [6.45, 7) is 4.91. The molecule has 0 saturated heterocycles. The summed E-state index contributed by atoms with van der Waals surface area (Å²) < 4.78 is 5.48. The maximum absolute atomic E-state index is 12.4. The highest BCUT2D eigenvalue weighted by Gasteiger charge is 2.26. The van der Waals surface area contributed by atoms with Crippen LogP contribution in [-0.4, -0.2) is 17.4 Å². The Labute approximate surface area is 123 Å². The SMILES string of the molecule is Cc1nc(CNC(=O)C2CCNc3ccccc32)oc1C. The molecule has 2 heterocycles. The maximum atomic E-state index is 12.4. The molecule has 0 saturated carbocycles. The summed E-state index contributed by atoms with van der Waals surface area (Å²) in [4.78, 5) is 16.7. The van der Waals surface area contributed by atoms with Crippen molar-refractivity contribution in [1.29, 1.82) is 0 Å². The van der Waals surface area contributed by atoms with Crippen LogP contribution in [0.1, 0.15) is 35.2 Å². The van der Waals surface area contributed by atoms with E-state index in [-0.39, 0.29) is 11.8 Å². The van der Waals surface area contributed by atoms with Crippen LogP contribution in [0, 0.1) is 13.8 Å². The lowest BCUT2D eigenvalue weighted by Gasteiger charge is -2.25. The number of hydrogen-bond donors (Lipinski definition) is 2. The molecule has 1 amide bonds. The van der Waals surface area contributed by atoms with Gasteiger partial charge in [0.15, 0.2) is 0 Å². The Morgan fingerprint density at radius 1 is 1.43 bits per heavy atom.